The van der Waals surface area contributed by atoms with Gasteiger partial charge in [-0.2, -0.15) is 0 Å². The van der Waals surface area contributed by atoms with Crippen LogP contribution in [0.15, 0.2) is 0 Å². The van der Waals surface area contributed by atoms with Crippen LogP contribution in [0.3, 0.4) is 0 Å². The van der Waals surface area contributed by atoms with Gasteiger partial charge in [0.1, 0.15) is 21.0 Å². The third kappa shape index (κ3) is 1060. The normalized spacial score (nSPS) is 3.50. The summed E-state index contributed by atoms with van der Waals surface area (Å²) >= 11 is -7.00. The predicted octanol–water partition coefficient (Wildman–Crippen LogP) is -9.19. The fraction of sp³-hybridized carbons (Fsp3) is 0. The Labute approximate surface area is 143 Å². The van der Waals surface area contributed by atoms with Gasteiger partial charge in [0, 0.05) is 0 Å². The summed E-state index contributed by atoms with van der Waals surface area (Å²) in [6.07, 6.45) is 0. The molecule has 16 heavy (non-hydrogen) atoms. The predicted molar refractivity (Wildman–Crippen MR) is 46.7 cm³/mol. The maximum atomic E-state index is 8.46. The molecule has 0 aliphatic rings. The van der Waals surface area contributed by atoms with Gasteiger partial charge in [0.25, 0.3) is 0 Å². The Hall–Kier alpha value is 1.81. The molecule has 0 spiro atoms. The average Bonchev–Trinajstić information content (AvgIpc) is 2.09. The van der Waals surface area contributed by atoms with E-state index in [2.05, 4.69) is 4.12 Å². The van der Waals surface area contributed by atoms with Crippen molar-refractivity contribution in [1.82, 2.24) is 0 Å². The van der Waals surface area contributed by atoms with Gasteiger partial charge in [0.15, 0.2) is 0 Å². The van der Waals surface area contributed by atoms with Crippen LogP contribution in [-0.4, -0.2) is 82.9 Å². The first-order chi connectivity index (χ1) is 7.07. The zero-order chi connectivity index (χ0) is 13.5. The van der Waals surface area contributed by atoms with E-state index in [0.29, 0.717) is 0 Å². The van der Waals surface area contributed by atoms with Crippen LogP contribution in [0.25, 0.3) is 0 Å². The van der Waals surface area contributed by atoms with Gasteiger partial charge in [0.2, 0.25) is 0 Å². The van der Waals surface area contributed by atoms with Crippen LogP contribution >= 0.6 is 0 Å². The van der Waals surface area contributed by atoms with Gasteiger partial charge < -0.3 is 4.12 Å². The monoisotopic (exact) mass is 404 g/mol. The van der Waals surface area contributed by atoms with Gasteiger partial charge in [-0.3, -0.25) is 0 Å². The second-order valence-corrected chi connectivity index (χ2v) is 4.83. The smallest absolute Gasteiger partial charge is 0.471 e. The van der Waals surface area contributed by atoms with E-state index >= 15 is 0 Å². The first-order valence-corrected chi connectivity index (χ1v) is 8.11. The Bertz CT molecular complexity index is 89.7. The first kappa shape index (κ1) is 36.1. The maximum Gasteiger partial charge on any atom is 4.00 e. The second-order valence-electron chi connectivity index (χ2n) is 0.793. The van der Waals surface area contributed by atoms with Crippen LogP contribution in [-0.2, 0) is 45.5 Å². The zero-order valence-corrected chi connectivity index (χ0v) is 19.6. The van der Waals surface area contributed by atoms with Crippen molar-refractivity contribution < 1.29 is 62.2 Å². The van der Waals surface area contributed by atoms with Crippen LogP contribution in [0, 0.1) is 0 Å². The SMILES string of the molecule is [O]=[Al][O-].[O]=[Al][O-].[O]=[Al][O-].[O]=[Al][O-].[SiH3]O[SiH3].[Zr+4]. The molecule has 0 N–H and O–H groups in total. The van der Waals surface area contributed by atoms with Crippen molar-refractivity contribution in [2.24, 2.45) is 0 Å². The second kappa shape index (κ2) is 90.6. The molecule has 0 aromatic rings. The summed E-state index contributed by atoms with van der Waals surface area (Å²) in [5, 5.41) is 0. The van der Waals surface area contributed by atoms with E-state index < -0.39 is 61.9 Å². The molecule has 0 atom stereocenters. The molecule has 0 aromatic carbocycles. The van der Waals surface area contributed by atoms with Crippen LogP contribution in [0.1, 0.15) is 0 Å². The molecule has 0 aliphatic carbocycles. The molecule has 0 fully saturated rings. The Kier molecular flexibility index (Phi) is 204. The van der Waals surface area contributed by atoms with Gasteiger partial charge in [-0.25, -0.2) is 0 Å². The molecule has 0 radical (unpaired) electrons. The fourth-order valence-corrected chi connectivity index (χ4v) is 0. The molecule has 9 nitrogen and oxygen atoms in total. The minimum Gasteiger partial charge on any atom is -0.471 e. The molecule has 0 heterocycles. The van der Waals surface area contributed by atoms with E-state index in [1.54, 1.807) is 0 Å². The van der Waals surface area contributed by atoms with Gasteiger partial charge in [-0.05, 0) is 0 Å². The molecular weight excluding hydrogens is 399 g/mol. The van der Waals surface area contributed by atoms with E-state index in [4.69, 9.17) is 31.8 Å². The van der Waals surface area contributed by atoms with E-state index in [1.807, 2.05) is 0 Å². The van der Waals surface area contributed by atoms with Crippen molar-refractivity contribution in [2.75, 3.05) is 0 Å². The molecule has 0 aliphatic heterocycles. The Morgan fingerprint density at radius 3 is 0.688 bits per heavy atom. The fourth-order valence-electron chi connectivity index (χ4n) is 0. The zero-order valence-electron chi connectivity index (χ0n) is 8.48. The van der Waals surface area contributed by atoms with E-state index in [9.17, 15) is 0 Å². The summed E-state index contributed by atoms with van der Waals surface area (Å²) < 4.78 is 72.2. The molecule has 0 aromatic heterocycles. The molecular formula is H6Al4O9Si2Zr. The maximum absolute atomic E-state index is 8.46. The third-order valence-electron chi connectivity index (χ3n) is 0. The number of hydrogen-bond donors (Lipinski definition) is 0. The van der Waals surface area contributed by atoms with Gasteiger partial charge >= 0.3 is 120 Å². The summed E-state index contributed by atoms with van der Waals surface area (Å²) in [5.74, 6) is 0. The van der Waals surface area contributed by atoms with E-state index in [0.717, 1.165) is 21.0 Å². The van der Waals surface area contributed by atoms with Crippen molar-refractivity contribution in [1.29, 1.82) is 0 Å². The average molecular weight is 405 g/mol. The molecule has 0 amide bonds. The quantitative estimate of drug-likeness (QED) is 0.355. The van der Waals surface area contributed by atoms with Crippen LogP contribution in [0.2, 0.25) is 0 Å². The third-order valence-corrected chi connectivity index (χ3v) is 0. The van der Waals surface area contributed by atoms with Crippen molar-refractivity contribution in [3.05, 3.63) is 0 Å². The molecule has 0 saturated heterocycles. The van der Waals surface area contributed by atoms with Crippen molar-refractivity contribution in [3.8, 4) is 0 Å². The Morgan fingerprint density at radius 1 is 0.688 bits per heavy atom. The van der Waals surface area contributed by atoms with Crippen molar-refractivity contribution in [2.45, 2.75) is 0 Å². The Balaban J connectivity index is -0.0000000192. The number of rotatable bonds is 0. The largest absolute Gasteiger partial charge is 4.00 e. The van der Waals surface area contributed by atoms with Gasteiger partial charge in [0.05, 0.1) is 0 Å². The van der Waals surface area contributed by atoms with Crippen LogP contribution in [0.4, 0.5) is 0 Å². The first-order valence-electron chi connectivity index (χ1n) is 2.70. The summed E-state index contributed by atoms with van der Waals surface area (Å²) in [4.78, 5) is 0. The summed E-state index contributed by atoms with van der Waals surface area (Å²) in [6, 6.07) is 0. The molecule has 0 unspecified atom stereocenters. The van der Waals surface area contributed by atoms with Crippen molar-refractivity contribution >= 4 is 82.9 Å². The summed E-state index contributed by atoms with van der Waals surface area (Å²) in [6.45, 7) is 0. The number of hydrogen-bond acceptors (Lipinski definition) is 9. The topological polar surface area (TPSA) is 170 Å². The Morgan fingerprint density at radius 2 is 0.688 bits per heavy atom. The van der Waals surface area contributed by atoms with Gasteiger partial charge in [-0.15, -0.1) is 0 Å². The molecule has 16 heteroatoms. The van der Waals surface area contributed by atoms with Crippen molar-refractivity contribution in [3.63, 3.8) is 0 Å². The summed E-state index contributed by atoms with van der Waals surface area (Å²) in [5.41, 5.74) is 0. The summed E-state index contributed by atoms with van der Waals surface area (Å²) in [7, 11) is 1.86. The molecule has 0 saturated carbocycles. The van der Waals surface area contributed by atoms with Crippen LogP contribution in [0.5, 0.6) is 0 Å². The molecule has 84 valence electrons. The molecule has 0 rings (SSSR count). The minimum atomic E-state index is -1.75. The van der Waals surface area contributed by atoms with Gasteiger partial charge in [-0.1, -0.05) is 0 Å². The molecule has 0 bridgehead atoms. The minimum absolute atomic E-state index is 0. The van der Waals surface area contributed by atoms with E-state index in [-0.39, 0.29) is 26.2 Å². The van der Waals surface area contributed by atoms with Crippen LogP contribution < -0.4 is 16.6 Å². The standard InChI is InChI=1S/4Al.H6OSi2.8O.Zr/c;;;;2-1-3;;;;;;;;;/h;;;;2-3H3;;;;;;;;;/q;;;;;;;;;4*-1;+4. The van der Waals surface area contributed by atoms with E-state index in [1.165, 1.54) is 0 Å².